The number of benzene rings is 1. The van der Waals surface area contributed by atoms with Crippen LogP contribution < -0.4 is 4.90 Å². The molecule has 1 fully saturated rings. The van der Waals surface area contributed by atoms with Crippen LogP contribution in [0.4, 0.5) is 5.69 Å². The van der Waals surface area contributed by atoms with E-state index < -0.39 is 11.4 Å². The van der Waals surface area contributed by atoms with Crippen molar-refractivity contribution in [1.82, 2.24) is 0 Å². The van der Waals surface area contributed by atoms with E-state index in [0.717, 1.165) is 24.9 Å². The molecule has 1 aromatic carbocycles. The van der Waals surface area contributed by atoms with Crippen molar-refractivity contribution < 1.29 is 9.90 Å². The lowest BCUT2D eigenvalue weighted by Gasteiger charge is -2.41. The van der Waals surface area contributed by atoms with Gasteiger partial charge in [0.25, 0.3) is 0 Å². The fraction of sp³-hybridized carbons (Fsp3) is 0.533. The van der Waals surface area contributed by atoms with Gasteiger partial charge in [-0.25, -0.2) is 0 Å². The molecule has 0 aliphatic heterocycles. The number of carboxylic acid groups (broad SMARTS) is 1. The van der Waals surface area contributed by atoms with Gasteiger partial charge in [-0.2, -0.15) is 0 Å². The summed E-state index contributed by atoms with van der Waals surface area (Å²) in [5.74, 6) is -0.648. The van der Waals surface area contributed by atoms with Gasteiger partial charge in [0.05, 0.1) is 5.41 Å². The Morgan fingerprint density at radius 3 is 2.50 bits per heavy atom. The highest BCUT2D eigenvalue weighted by atomic mass is 16.4. The Bertz CT molecular complexity index is 464. The monoisotopic (exact) mass is 247 g/mol. The third kappa shape index (κ3) is 2.22. The van der Waals surface area contributed by atoms with Crippen LogP contribution in [-0.4, -0.2) is 24.7 Å². The van der Waals surface area contributed by atoms with Crippen molar-refractivity contribution in [1.29, 1.82) is 0 Å². The highest BCUT2D eigenvalue weighted by Crippen LogP contribution is 2.42. The second-order valence-electron chi connectivity index (χ2n) is 5.59. The number of aryl methyl sites for hydroxylation is 2. The van der Waals surface area contributed by atoms with Crippen LogP contribution in [0.5, 0.6) is 0 Å². The first-order chi connectivity index (χ1) is 8.44. The first-order valence-corrected chi connectivity index (χ1v) is 6.46. The average Bonchev–Trinajstić information content (AvgIpc) is 2.22. The van der Waals surface area contributed by atoms with Crippen molar-refractivity contribution in [2.75, 3.05) is 18.5 Å². The molecule has 0 radical (unpaired) electrons. The zero-order valence-electron chi connectivity index (χ0n) is 11.4. The Hall–Kier alpha value is -1.51. The summed E-state index contributed by atoms with van der Waals surface area (Å²) in [5.41, 5.74) is 3.05. The third-order valence-corrected chi connectivity index (χ3v) is 4.07. The summed E-state index contributed by atoms with van der Waals surface area (Å²) in [6.07, 6.45) is 2.64. The summed E-state index contributed by atoms with van der Waals surface area (Å²) in [6.45, 7) is 4.75. The maximum atomic E-state index is 11.4. The molecule has 0 unspecified atom stereocenters. The van der Waals surface area contributed by atoms with E-state index in [9.17, 15) is 9.90 Å². The molecule has 18 heavy (non-hydrogen) atoms. The molecule has 0 heterocycles. The highest BCUT2D eigenvalue weighted by Gasteiger charge is 2.45. The Morgan fingerprint density at radius 1 is 1.39 bits per heavy atom. The second-order valence-corrected chi connectivity index (χ2v) is 5.59. The van der Waals surface area contributed by atoms with Crippen LogP contribution in [0.15, 0.2) is 18.2 Å². The van der Waals surface area contributed by atoms with Crippen molar-refractivity contribution in [3.8, 4) is 0 Å². The molecule has 0 atom stereocenters. The van der Waals surface area contributed by atoms with Crippen LogP contribution in [0.1, 0.15) is 30.4 Å². The molecule has 1 saturated carbocycles. The molecule has 1 aliphatic carbocycles. The predicted octanol–water partition coefficient (Wildman–Crippen LogP) is 2.99. The zero-order chi connectivity index (χ0) is 13.3. The lowest BCUT2D eigenvalue weighted by molar-refractivity contribution is -0.153. The summed E-state index contributed by atoms with van der Waals surface area (Å²) in [7, 11) is 1.99. The first kappa shape index (κ1) is 12.9. The minimum absolute atomic E-state index is 0.522. The fourth-order valence-corrected chi connectivity index (χ4v) is 2.82. The lowest BCUT2D eigenvalue weighted by atomic mass is 9.68. The normalized spacial score (nSPS) is 17.1. The molecular weight excluding hydrogens is 226 g/mol. The van der Waals surface area contributed by atoms with E-state index in [-0.39, 0.29) is 0 Å². The largest absolute Gasteiger partial charge is 0.481 e. The van der Waals surface area contributed by atoms with E-state index in [2.05, 4.69) is 36.9 Å². The van der Waals surface area contributed by atoms with Crippen LogP contribution in [0.2, 0.25) is 0 Å². The summed E-state index contributed by atoms with van der Waals surface area (Å²) in [5, 5.41) is 9.37. The lowest BCUT2D eigenvalue weighted by Crippen LogP contribution is -2.47. The highest BCUT2D eigenvalue weighted by molar-refractivity contribution is 5.77. The Labute approximate surface area is 108 Å². The predicted molar refractivity (Wildman–Crippen MR) is 73.1 cm³/mol. The summed E-state index contributed by atoms with van der Waals surface area (Å²) >= 11 is 0. The quantitative estimate of drug-likeness (QED) is 0.889. The van der Waals surface area contributed by atoms with E-state index in [1.807, 2.05) is 7.05 Å². The van der Waals surface area contributed by atoms with Crippen molar-refractivity contribution in [3.05, 3.63) is 29.3 Å². The molecule has 0 spiro atoms. The molecule has 0 saturated heterocycles. The minimum Gasteiger partial charge on any atom is -0.481 e. The molecule has 0 aromatic heterocycles. The van der Waals surface area contributed by atoms with Crippen LogP contribution >= 0.6 is 0 Å². The van der Waals surface area contributed by atoms with Crippen LogP contribution in [-0.2, 0) is 4.79 Å². The van der Waals surface area contributed by atoms with Crippen LogP contribution in [0.25, 0.3) is 0 Å². The van der Waals surface area contributed by atoms with Gasteiger partial charge in [0, 0.05) is 19.3 Å². The summed E-state index contributed by atoms with van der Waals surface area (Å²) in [4.78, 5) is 13.5. The first-order valence-electron chi connectivity index (χ1n) is 6.46. The smallest absolute Gasteiger partial charge is 0.311 e. The SMILES string of the molecule is Cc1ccc(N(C)CC2(C(=O)O)CCC2)c(C)c1. The molecule has 2 rings (SSSR count). The second kappa shape index (κ2) is 4.63. The number of rotatable bonds is 4. The number of carbonyl (C=O) groups is 1. The minimum atomic E-state index is -0.648. The molecule has 1 N–H and O–H groups in total. The molecule has 0 amide bonds. The zero-order valence-corrected chi connectivity index (χ0v) is 11.4. The van der Waals surface area contributed by atoms with E-state index in [4.69, 9.17) is 0 Å². The Balaban J connectivity index is 2.16. The van der Waals surface area contributed by atoms with E-state index >= 15 is 0 Å². The van der Waals surface area contributed by atoms with Crippen LogP contribution in [0.3, 0.4) is 0 Å². The average molecular weight is 247 g/mol. The number of aliphatic carboxylic acids is 1. The van der Waals surface area contributed by atoms with Gasteiger partial charge in [0.1, 0.15) is 0 Å². The van der Waals surface area contributed by atoms with E-state index in [1.54, 1.807) is 0 Å². The van der Waals surface area contributed by atoms with Gasteiger partial charge in [-0.1, -0.05) is 24.1 Å². The van der Waals surface area contributed by atoms with Crippen molar-refractivity contribution in [2.45, 2.75) is 33.1 Å². The standard InChI is InChI=1S/C15H21NO2/c1-11-5-6-13(12(2)9-11)16(3)10-15(14(17)18)7-4-8-15/h5-6,9H,4,7-8,10H2,1-3H3,(H,17,18). The van der Waals surface area contributed by atoms with Crippen LogP contribution in [0, 0.1) is 19.3 Å². The number of hydrogen-bond acceptors (Lipinski definition) is 2. The summed E-state index contributed by atoms with van der Waals surface area (Å²) < 4.78 is 0. The van der Waals surface area contributed by atoms with Gasteiger partial charge >= 0.3 is 5.97 Å². The molecular formula is C15H21NO2. The molecule has 3 nitrogen and oxygen atoms in total. The molecule has 0 bridgehead atoms. The van der Waals surface area contributed by atoms with Gasteiger partial charge in [-0.15, -0.1) is 0 Å². The maximum Gasteiger partial charge on any atom is 0.311 e. The summed E-state index contributed by atoms with van der Waals surface area (Å²) in [6, 6.07) is 6.30. The maximum absolute atomic E-state index is 11.4. The van der Waals surface area contributed by atoms with Gasteiger partial charge in [-0.3, -0.25) is 4.79 Å². The van der Waals surface area contributed by atoms with E-state index in [1.165, 1.54) is 11.1 Å². The number of carboxylic acids is 1. The molecule has 98 valence electrons. The number of nitrogens with zero attached hydrogens (tertiary/aromatic N) is 1. The van der Waals surface area contributed by atoms with Crippen molar-refractivity contribution in [2.24, 2.45) is 5.41 Å². The topological polar surface area (TPSA) is 40.5 Å². The fourth-order valence-electron chi connectivity index (χ4n) is 2.82. The van der Waals surface area contributed by atoms with Gasteiger partial charge in [0.2, 0.25) is 0 Å². The van der Waals surface area contributed by atoms with Crippen molar-refractivity contribution >= 4 is 11.7 Å². The van der Waals surface area contributed by atoms with Gasteiger partial charge in [-0.05, 0) is 38.3 Å². The van der Waals surface area contributed by atoms with Gasteiger partial charge in [0.15, 0.2) is 0 Å². The molecule has 3 heteroatoms. The Kier molecular flexibility index (Phi) is 3.33. The van der Waals surface area contributed by atoms with Crippen molar-refractivity contribution in [3.63, 3.8) is 0 Å². The number of hydrogen-bond donors (Lipinski definition) is 1. The van der Waals surface area contributed by atoms with Gasteiger partial charge < -0.3 is 10.0 Å². The van der Waals surface area contributed by atoms with E-state index in [0.29, 0.717) is 6.54 Å². The molecule has 1 aromatic rings. The number of anilines is 1. The molecule has 1 aliphatic rings. The third-order valence-electron chi connectivity index (χ3n) is 4.07. The Morgan fingerprint density at radius 2 is 2.06 bits per heavy atom.